The molecular formula is C21H27ClN2O2. The van der Waals surface area contributed by atoms with Gasteiger partial charge in [-0.25, -0.2) is 0 Å². The van der Waals surface area contributed by atoms with E-state index in [0.717, 1.165) is 22.5 Å². The predicted molar refractivity (Wildman–Crippen MR) is 106 cm³/mol. The van der Waals surface area contributed by atoms with Crippen molar-refractivity contribution in [2.75, 3.05) is 5.32 Å². The summed E-state index contributed by atoms with van der Waals surface area (Å²) in [4.78, 5) is 12.8. The molecule has 4 nitrogen and oxygen atoms in total. The SMILES string of the molecule is CC(O)Cn1cc(NC(=O)CC23CCC(CC2)CC3)c2c(Cl)cccc21. The fraction of sp³-hybridized carbons (Fsp3) is 0.571. The summed E-state index contributed by atoms with van der Waals surface area (Å²) in [5, 5.41) is 14.4. The van der Waals surface area contributed by atoms with Crippen molar-refractivity contribution in [3.8, 4) is 0 Å². The molecule has 0 saturated heterocycles. The number of nitrogens with one attached hydrogen (secondary N) is 1. The maximum Gasteiger partial charge on any atom is 0.224 e. The van der Waals surface area contributed by atoms with Crippen LogP contribution in [-0.2, 0) is 11.3 Å². The molecule has 3 aliphatic rings. The molecule has 5 heteroatoms. The third-order valence-electron chi connectivity index (χ3n) is 6.37. The standard InChI is InChI=1S/C21H27ClN2O2/c1-14(25)12-24-13-17(20-16(22)3-2-4-18(20)24)23-19(26)11-21-8-5-15(6-9-21)7-10-21/h2-4,13-15,25H,5-12H2,1H3,(H,23,26). The van der Waals surface area contributed by atoms with E-state index in [-0.39, 0.29) is 11.3 Å². The summed E-state index contributed by atoms with van der Waals surface area (Å²) in [5.74, 6) is 0.985. The normalized spacial score (nSPS) is 26.2. The van der Waals surface area contributed by atoms with Crippen LogP contribution in [0.4, 0.5) is 5.69 Å². The Morgan fingerprint density at radius 1 is 1.35 bits per heavy atom. The van der Waals surface area contributed by atoms with Crippen molar-refractivity contribution < 1.29 is 9.90 Å². The average molecular weight is 375 g/mol. The average Bonchev–Trinajstić information content (AvgIpc) is 2.94. The minimum absolute atomic E-state index is 0.0846. The Morgan fingerprint density at radius 2 is 2.04 bits per heavy atom. The first-order chi connectivity index (χ1) is 12.5. The molecular weight excluding hydrogens is 348 g/mol. The summed E-state index contributed by atoms with van der Waals surface area (Å²) >= 11 is 6.42. The largest absolute Gasteiger partial charge is 0.392 e. The molecule has 140 valence electrons. The Morgan fingerprint density at radius 3 is 2.69 bits per heavy atom. The maximum absolute atomic E-state index is 12.8. The Bertz CT molecular complexity index is 805. The number of fused-ring (bicyclic) bond motifs is 4. The van der Waals surface area contributed by atoms with E-state index >= 15 is 0 Å². The highest BCUT2D eigenvalue weighted by Gasteiger charge is 2.41. The molecule has 1 heterocycles. The van der Waals surface area contributed by atoms with Gasteiger partial charge >= 0.3 is 0 Å². The van der Waals surface area contributed by atoms with Crippen molar-refractivity contribution in [2.24, 2.45) is 11.3 Å². The molecule has 0 aliphatic heterocycles. The predicted octanol–water partition coefficient (Wildman–Crippen LogP) is 4.97. The lowest BCUT2D eigenvalue weighted by Gasteiger charge is -2.46. The maximum atomic E-state index is 12.8. The molecule has 1 atom stereocenters. The zero-order chi connectivity index (χ0) is 18.3. The quantitative estimate of drug-likeness (QED) is 0.775. The number of aromatic nitrogens is 1. The van der Waals surface area contributed by atoms with Gasteiger partial charge in [0.2, 0.25) is 5.91 Å². The number of rotatable bonds is 5. The van der Waals surface area contributed by atoms with E-state index in [4.69, 9.17) is 11.6 Å². The number of aliphatic hydroxyl groups excluding tert-OH is 1. The van der Waals surface area contributed by atoms with Crippen LogP contribution in [0, 0.1) is 11.3 Å². The number of amides is 1. The minimum Gasteiger partial charge on any atom is -0.392 e. The molecule has 1 aromatic heterocycles. The number of nitrogens with zero attached hydrogens (tertiary/aromatic N) is 1. The zero-order valence-corrected chi connectivity index (χ0v) is 16.1. The van der Waals surface area contributed by atoms with Gasteiger partial charge in [0, 0.05) is 24.5 Å². The summed E-state index contributed by atoms with van der Waals surface area (Å²) in [6, 6.07) is 5.71. The summed E-state index contributed by atoms with van der Waals surface area (Å²) in [7, 11) is 0. The summed E-state index contributed by atoms with van der Waals surface area (Å²) in [6.07, 6.45) is 9.46. The summed E-state index contributed by atoms with van der Waals surface area (Å²) in [5.41, 5.74) is 1.89. The number of halogens is 1. The van der Waals surface area contributed by atoms with Crippen LogP contribution in [0.15, 0.2) is 24.4 Å². The second-order valence-electron chi connectivity index (χ2n) is 8.39. The first-order valence-corrected chi connectivity index (χ1v) is 10.1. The van der Waals surface area contributed by atoms with E-state index in [1.54, 1.807) is 6.92 Å². The van der Waals surface area contributed by atoms with Crippen LogP contribution in [0.3, 0.4) is 0 Å². The van der Waals surface area contributed by atoms with Gasteiger partial charge in [0.25, 0.3) is 0 Å². The van der Waals surface area contributed by atoms with E-state index in [9.17, 15) is 9.90 Å². The number of carbonyl (C=O) groups excluding carboxylic acids is 1. The van der Waals surface area contributed by atoms with Crippen molar-refractivity contribution >= 4 is 34.1 Å². The summed E-state index contributed by atoms with van der Waals surface area (Å²) in [6.45, 7) is 2.23. The first kappa shape index (κ1) is 17.9. The number of hydrogen-bond donors (Lipinski definition) is 2. The van der Waals surface area contributed by atoms with Crippen LogP contribution in [-0.4, -0.2) is 21.7 Å². The van der Waals surface area contributed by atoms with Crippen LogP contribution in [0.2, 0.25) is 5.02 Å². The van der Waals surface area contributed by atoms with Gasteiger partial charge in [-0.3, -0.25) is 4.79 Å². The molecule has 1 aromatic carbocycles. The Hall–Kier alpha value is -1.52. The van der Waals surface area contributed by atoms with Gasteiger partial charge in [-0.2, -0.15) is 0 Å². The van der Waals surface area contributed by atoms with Crippen molar-refractivity contribution in [3.05, 3.63) is 29.4 Å². The van der Waals surface area contributed by atoms with Gasteiger partial charge in [-0.15, -0.1) is 0 Å². The molecule has 26 heavy (non-hydrogen) atoms. The van der Waals surface area contributed by atoms with E-state index in [1.807, 2.05) is 29.0 Å². The second-order valence-corrected chi connectivity index (χ2v) is 8.79. The van der Waals surface area contributed by atoms with Gasteiger partial charge in [-0.1, -0.05) is 17.7 Å². The molecule has 2 N–H and O–H groups in total. The molecule has 1 amide bonds. The zero-order valence-electron chi connectivity index (χ0n) is 15.3. The highest BCUT2D eigenvalue weighted by Crippen LogP contribution is 2.52. The Kier molecular flexibility index (Phi) is 4.74. The fourth-order valence-electron chi connectivity index (χ4n) is 4.98. The van der Waals surface area contributed by atoms with Crippen LogP contribution in [0.5, 0.6) is 0 Å². The van der Waals surface area contributed by atoms with E-state index in [1.165, 1.54) is 38.5 Å². The van der Waals surface area contributed by atoms with Crippen LogP contribution in [0.1, 0.15) is 51.9 Å². The summed E-state index contributed by atoms with van der Waals surface area (Å²) < 4.78 is 1.96. The van der Waals surface area contributed by atoms with Crippen molar-refractivity contribution in [1.29, 1.82) is 0 Å². The lowest BCUT2D eigenvalue weighted by atomic mass is 9.59. The molecule has 3 aliphatic carbocycles. The van der Waals surface area contributed by atoms with E-state index in [2.05, 4.69) is 5.32 Å². The smallest absolute Gasteiger partial charge is 0.224 e. The molecule has 0 spiro atoms. The Labute approximate surface area is 159 Å². The lowest BCUT2D eigenvalue weighted by molar-refractivity contribution is -0.120. The molecule has 1 unspecified atom stereocenters. The molecule has 3 fully saturated rings. The molecule has 3 saturated carbocycles. The van der Waals surface area contributed by atoms with Crippen molar-refractivity contribution in [3.63, 3.8) is 0 Å². The third kappa shape index (κ3) is 3.37. The molecule has 5 rings (SSSR count). The highest BCUT2D eigenvalue weighted by molar-refractivity contribution is 6.36. The van der Waals surface area contributed by atoms with Crippen LogP contribution >= 0.6 is 11.6 Å². The van der Waals surface area contributed by atoms with Crippen LogP contribution in [0.25, 0.3) is 10.9 Å². The van der Waals surface area contributed by atoms with Crippen molar-refractivity contribution in [1.82, 2.24) is 4.57 Å². The van der Waals surface area contributed by atoms with Crippen LogP contribution < -0.4 is 5.32 Å². The molecule has 0 radical (unpaired) electrons. The molecule has 2 bridgehead atoms. The van der Waals surface area contributed by atoms with E-state index < -0.39 is 6.10 Å². The highest BCUT2D eigenvalue weighted by atomic mass is 35.5. The third-order valence-corrected chi connectivity index (χ3v) is 6.69. The lowest BCUT2D eigenvalue weighted by Crippen LogP contribution is -2.37. The number of carbonyl (C=O) groups is 1. The fourth-order valence-corrected chi connectivity index (χ4v) is 5.25. The number of anilines is 1. The van der Waals surface area contributed by atoms with Gasteiger partial charge < -0.3 is 15.0 Å². The van der Waals surface area contributed by atoms with Gasteiger partial charge in [0.15, 0.2) is 0 Å². The number of aliphatic hydroxyl groups is 1. The Balaban J connectivity index is 1.57. The van der Waals surface area contributed by atoms with Gasteiger partial charge in [0.05, 0.1) is 22.3 Å². The first-order valence-electron chi connectivity index (χ1n) is 9.71. The van der Waals surface area contributed by atoms with Gasteiger partial charge in [-0.05, 0) is 68.9 Å². The monoisotopic (exact) mass is 374 g/mol. The molecule has 2 aromatic rings. The van der Waals surface area contributed by atoms with E-state index in [0.29, 0.717) is 18.0 Å². The minimum atomic E-state index is -0.468. The van der Waals surface area contributed by atoms with Gasteiger partial charge in [0.1, 0.15) is 0 Å². The second kappa shape index (κ2) is 6.90. The topological polar surface area (TPSA) is 54.3 Å². The number of hydrogen-bond acceptors (Lipinski definition) is 2. The number of benzene rings is 1. The van der Waals surface area contributed by atoms with Crippen molar-refractivity contribution in [2.45, 2.75) is 64.5 Å².